The molecule has 1 unspecified atom stereocenters. The summed E-state index contributed by atoms with van der Waals surface area (Å²) in [6.07, 6.45) is 5.17. The number of aryl methyl sites for hydroxylation is 1. The summed E-state index contributed by atoms with van der Waals surface area (Å²) in [5.41, 5.74) is 1.07. The van der Waals surface area contributed by atoms with Crippen molar-refractivity contribution in [1.29, 1.82) is 0 Å². The van der Waals surface area contributed by atoms with Gasteiger partial charge in [-0.25, -0.2) is 4.79 Å². The van der Waals surface area contributed by atoms with E-state index in [9.17, 15) is 9.90 Å². The predicted molar refractivity (Wildman–Crippen MR) is 76.6 cm³/mol. The van der Waals surface area contributed by atoms with Crippen molar-refractivity contribution in [3.8, 4) is 0 Å². The number of aromatic amines is 1. The highest BCUT2D eigenvalue weighted by molar-refractivity contribution is 5.87. The quantitative estimate of drug-likeness (QED) is 0.676. The monoisotopic (exact) mass is 292 g/mol. The molecule has 0 aliphatic heterocycles. The fraction of sp³-hybridized carbons (Fsp3) is 0.429. The lowest BCUT2D eigenvalue weighted by atomic mass is 10.00. The number of methoxy groups -OCH3 is 1. The predicted octanol–water partition coefficient (Wildman–Crippen LogP) is 0.532. The Morgan fingerprint density at radius 2 is 2.38 bits per heavy atom. The average molecular weight is 292 g/mol. The highest BCUT2D eigenvalue weighted by Crippen LogP contribution is 2.18. The van der Waals surface area contributed by atoms with Crippen LogP contribution in [-0.4, -0.2) is 39.5 Å². The minimum Gasteiger partial charge on any atom is -0.464 e. The lowest BCUT2D eigenvalue weighted by Gasteiger charge is -2.22. The van der Waals surface area contributed by atoms with E-state index in [4.69, 9.17) is 0 Å². The Labute approximate surface area is 122 Å². The van der Waals surface area contributed by atoms with Crippen molar-refractivity contribution >= 4 is 5.97 Å². The molecule has 2 aromatic rings. The first kappa shape index (κ1) is 15.3. The molecule has 0 aromatic carbocycles. The van der Waals surface area contributed by atoms with Crippen LogP contribution in [0, 0.1) is 0 Å². The summed E-state index contributed by atoms with van der Waals surface area (Å²) >= 11 is 0. The number of hydrogen-bond donors (Lipinski definition) is 3. The molecule has 0 aliphatic rings. The minimum atomic E-state index is -1.00. The molecule has 21 heavy (non-hydrogen) atoms. The second kappa shape index (κ2) is 6.11. The zero-order chi connectivity index (χ0) is 15.5. The molecule has 2 aromatic heterocycles. The van der Waals surface area contributed by atoms with Gasteiger partial charge in [0.05, 0.1) is 13.3 Å². The maximum absolute atomic E-state index is 11.3. The summed E-state index contributed by atoms with van der Waals surface area (Å²) in [7, 11) is 3.15. The van der Waals surface area contributed by atoms with Gasteiger partial charge in [-0.3, -0.25) is 4.68 Å². The van der Waals surface area contributed by atoms with E-state index in [0.717, 1.165) is 11.1 Å². The number of nitrogens with zero attached hydrogens (tertiary/aromatic N) is 2. The molecule has 0 amide bonds. The molecule has 7 nitrogen and oxygen atoms in total. The molecule has 114 valence electrons. The van der Waals surface area contributed by atoms with E-state index in [1.807, 2.05) is 0 Å². The first-order valence-corrected chi connectivity index (χ1v) is 6.60. The number of rotatable bonds is 6. The van der Waals surface area contributed by atoms with Gasteiger partial charge in [0.2, 0.25) is 0 Å². The second-order valence-corrected chi connectivity index (χ2v) is 5.19. The molecule has 0 aliphatic carbocycles. The zero-order valence-electron chi connectivity index (χ0n) is 12.4. The number of carbonyl (C=O) groups excluding carboxylic acids is 1. The van der Waals surface area contributed by atoms with Crippen molar-refractivity contribution in [2.75, 3.05) is 13.7 Å². The van der Waals surface area contributed by atoms with Crippen molar-refractivity contribution in [1.82, 2.24) is 20.1 Å². The number of aromatic nitrogens is 3. The van der Waals surface area contributed by atoms with Gasteiger partial charge in [-0.05, 0) is 18.6 Å². The van der Waals surface area contributed by atoms with Gasteiger partial charge in [0.1, 0.15) is 11.3 Å². The molecule has 0 saturated carbocycles. The van der Waals surface area contributed by atoms with E-state index in [1.54, 1.807) is 43.3 Å². The van der Waals surface area contributed by atoms with Crippen molar-refractivity contribution in [3.05, 3.63) is 41.5 Å². The highest BCUT2D eigenvalue weighted by Gasteiger charge is 2.24. The summed E-state index contributed by atoms with van der Waals surface area (Å²) in [6, 6.07) is 1.72. The van der Waals surface area contributed by atoms with E-state index < -0.39 is 11.6 Å². The van der Waals surface area contributed by atoms with Gasteiger partial charge in [-0.15, -0.1) is 0 Å². The fourth-order valence-electron chi connectivity index (χ4n) is 2.02. The third kappa shape index (κ3) is 3.71. The molecule has 0 fully saturated rings. The summed E-state index contributed by atoms with van der Waals surface area (Å²) < 4.78 is 6.28. The van der Waals surface area contributed by atoms with Crippen LogP contribution in [-0.2, 0) is 23.9 Å². The Morgan fingerprint density at radius 1 is 1.62 bits per heavy atom. The van der Waals surface area contributed by atoms with Gasteiger partial charge < -0.3 is 20.1 Å². The summed E-state index contributed by atoms with van der Waals surface area (Å²) in [6.45, 7) is 2.63. The third-order valence-electron chi connectivity index (χ3n) is 3.27. The van der Waals surface area contributed by atoms with Gasteiger partial charge in [0, 0.05) is 38.1 Å². The van der Waals surface area contributed by atoms with E-state index >= 15 is 0 Å². The number of nitrogens with one attached hydrogen (secondary N) is 2. The number of hydrogen-bond acceptors (Lipinski definition) is 5. The maximum atomic E-state index is 11.3. The zero-order valence-corrected chi connectivity index (χ0v) is 12.4. The molecule has 2 heterocycles. The van der Waals surface area contributed by atoms with E-state index in [2.05, 4.69) is 20.1 Å². The number of esters is 1. The lowest BCUT2D eigenvalue weighted by molar-refractivity contribution is 0.0564. The third-order valence-corrected chi connectivity index (χ3v) is 3.27. The van der Waals surface area contributed by atoms with Crippen LogP contribution < -0.4 is 5.32 Å². The van der Waals surface area contributed by atoms with E-state index in [0.29, 0.717) is 18.8 Å². The normalized spacial score (nSPS) is 13.9. The smallest absolute Gasteiger partial charge is 0.354 e. The highest BCUT2D eigenvalue weighted by atomic mass is 16.5. The summed E-state index contributed by atoms with van der Waals surface area (Å²) in [4.78, 5) is 14.2. The molecule has 0 saturated heterocycles. The van der Waals surface area contributed by atoms with E-state index in [-0.39, 0.29) is 0 Å². The van der Waals surface area contributed by atoms with Crippen LogP contribution in [0.3, 0.4) is 0 Å². The topological polar surface area (TPSA) is 92.2 Å². The minimum absolute atomic E-state index is 0.372. The number of ether oxygens (including phenoxy) is 1. The van der Waals surface area contributed by atoms with Crippen LogP contribution in [0.1, 0.15) is 28.5 Å². The second-order valence-electron chi connectivity index (χ2n) is 5.19. The van der Waals surface area contributed by atoms with Gasteiger partial charge >= 0.3 is 5.97 Å². The van der Waals surface area contributed by atoms with E-state index in [1.165, 1.54) is 7.11 Å². The molecular formula is C14H20N4O3. The number of aliphatic hydroxyl groups is 1. The van der Waals surface area contributed by atoms with Crippen LogP contribution in [0.25, 0.3) is 0 Å². The number of H-pyrrole nitrogens is 1. The Balaban J connectivity index is 1.89. The average Bonchev–Trinajstić information content (AvgIpc) is 3.07. The van der Waals surface area contributed by atoms with Gasteiger partial charge in [-0.2, -0.15) is 5.10 Å². The van der Waals surface area contributed by atoms with Crippen LogP contribution >= 0.6 is 0 Å². The summed E-state index contributed by atoms with van der Waals surface area (Å²) in [5, 5.41) is 17.6. The summed E-state index contributed by atoms with van der Waals surface area (Å²) in [5.74, 6) is -0.399. The SMILES string of the molecule is COC(=O)c1cc(CNCC(C)(O)c2cnn(C)c2)c[nH]1. The molecule has 1 atom stereocenters. The van der Waals surface area contributed by atoms with Crippen molar-refractivity contribution in [3.63, 3.8) is 0 Å². The van der Waals surface area contributed by atoms with Crippen LogP contribution in [0.5, 0.6) is 0 Å². The Bertz CT molecular complexity index is 615. The Hall–Kier alpha value is -2.12. The first-order valence-electron chi connectivity index (χ1n) is 6.60. The van der Waals surface area contributed by atoms with Crippen LogP contribution in [0.2, 0.25) is 0 Å². The van der Waals surface area contributed by atoms with Crippen molar-refractivity contribution < 1.29 is 14.6 Å². The molecule has 0 radical (unpaired) electrons. The molecule has 0 bridgehead atoms. The number of carbonyl (C=O) groups is 1. The molecule has 0 spiro atoms. The van der Waals surface area contributed by atoms with Crippen LogP contribution in [0.4, 0.5) is 0 Å². The lowest BCUT2D eigenvalue weighted by Crippen LogP contribution is -2.34. The standard InChI is InChI=1S/C14H20N4O3/c1-14(20,11-7-17-18(2)8-11)9-15-5-10-4-12(16-6-10)13(19)21-3/h4,6-8,15-16,20H,5,9H2,1-3H3. The molecule has 3 N–H and O–H groups in total. The Kier molecular flexibility index (Phi) is 4.44. The maximum Gasteiger partial charge on any atom is 0.354 e. The molecule has 7 heteroatoms. The largest absolute Gasteiger partial charge is 0.464 e. The van der Waals surface area contributed by atoms with Gasteiger partial charge in [0.25, 0.3) is 0 Å². The first-order chi connectivity index (χ1) is 9.92. The Morgan fingerprint density at radius 3 is 3.00 bits per heavy atom. The fourth-order valence-corrected chi connectivity index (χ4v) is 2.02. The van der Waals surface area contributed by atoms with Gasteiger partial charge in [0.15, 0.2) is 0 Å². The molecule has 2 rings (SSSR count). The van der Waals surface area contributed by atoms with Crippen molar-refractivity contribution in [2.24, 2.45) is 7.05 Å². The van der Waals surface area contributed by atoms with Crippen LogP contribution in [0.15, 0.2) is 24.7 Å². The van der Waals surface area contributed by atoms with Gasteiger partial charge in [-0.1, -0.05) is 0 Å². The molecular weight excluding hydrogens is 272 g/mol. The van der Waals surface area contributed by atoms with Crippen molar-refractivity contribution in [2.45, 2.75) is 19.1 Å².